The maximum atomic E-state index is 9.52. The second kappa shape index (κ2) is 20.2. The lowest BCUT2D eigenvalue weighted by atomic mass is 10.0. The van der Waals surface area contributed by atoms with Crippen molar-refractivity contribution in [3.05, 3.63) is 0 Å². The average molecular weight is 396 g/mol. The van der Waals surface area contributed by atoms with Crippen molar-refractivity contribution in [1.82, 2.24) is 4.90 Å². The Bertz CT molecular complexity index is 307. The number of likely N-dealkylation sites (tertiary alicyclic amines) is 1. The fourth-order valence-corrected chi connectivity index (χ4v) is 4.61. The van der Waals surface area contributed by atoms with Crippen LogP contribution >= 0.6 is 0 Å². The molecule has 28 heavy (non-hydrogen) atoms. The van der Waals surface area contributed by atoms with Gasteiger partial charge in [-0.15, -0.1) is 0 Å². The van der Waals surface area contributed by atoms with Crippen molar-refractivity contribution in [2.45, 2.75) is 148 Å². The summed E-state index contributed by atoms with van der Waals surface area (Å²) in [5.74, 6) is 0. The molecule has 2 heteroatoms. The molecule has 1 saturated heterocycles. The highest BCUT2D eigenvalue weighted by atomic mass is 16.3. The topological polar surface area (TPSA) is 23.5 Å². The minimum atomic E-state index is -0.0508. The van der Waals surface area contributed by atoms with Crippen molar-refractivity contribution in [1.29, 1.82) is 0 Å². The van der Waals surface area contributed by atoms with Crippen LogP contribution in [0.15, 0.2) is 0 Å². The van der Waals surface area contributed by atoms with Crippen LogP contribution < -0.4 is 0 Å². The molecule has 1 rings (SSSR count). The van der Waals surface area contributed by atoms with Gasteiger partial charge in [-0.2, -0.15) is 0 Å². The van der Waals surface area contributed by atoms with E-state index < -0.39 is 0 Å². The van der Waals surface area contributed by atoms with Crippen LogP contribution in [-0.2, 0) is 0 Å². The molecule has 2 nitrogen and oxygen atoms in total. The van der Waals surface area contributed by atoms with E-state index in [4.69, 9.17) is 0 Å². The zero-order valence-corrected chi connectivity index (χ0v) is 19.4. The van der Waals surface area contributed by atoms with Crippen molar-refractivity contribution in [3.8, 4) is 0 Å². The first-order valence-corrected chi connectivity index (χ1v) is 13.2. The van der Waals surface area contributed by atoms with Crippen molar-refractivity contribution >= 4 is 0 Å². The number of unbranched alkanes of at least 4 members (excludes halogenated alkanes) is 19. The van der Waals surface area contributed by atoms with Gasteiger partial charge in [0.1, 0.15) is 0 Å². The molecule has 0 aromatic heterocycles. The van der Waals surface area contributed by atoms with E-state index in [1.807, 2.05) is 0 Å². The molecule has 0 spiro atoms. The van der Waals surface area contributed by atoms with Crippen LogP contribution in [-0.4, -0.2) is 35.7 Å². The third-order valence-corrected chi connectivity index (χ3v) is 6.58. The van der Waals surface area contributed by atoms with E-state index in [9.17, 15) is 5.11 Å². The standard InChI is InChI=1S/C26H53NO/c1-2-3-4-5-6-7-8-9-10-11-12-13-14-15-16-17-18-19-20-21-23-27-24-22-26(28)25-27/h26,28H,2-25H2,1H3. The van der Waals surface area contributed by atoms with Crippen molar-refractivity contribution < 1.29 is 5.11 Å². The third-order valence-electron chi connectivity index (χ3n) is 6.58. The van der Waals surface area contributed by atoms with Gasteiger partial charge >= 0.3 is 0 Å². The second-order valence-electron chi connectivity index (χ2n) is 9.46. The zero-order valence-electron chi connectivity index (χ0n) is 19.4. The lowest BCUT2D eigenvalue weighted by molar-refractivity contribution is 0.175. The average Bonchev–Trinajstić information content (AvgIpc) is 3.11. The predicted octanol–water partition coefficient (Wildman–Crippen LogP) is 7.87. The molecular formula is C26H53NO. The summed E-state index contributed by atoms with van der Waals surface area (Å²) in [6.45, 7) is 5.53. The van der Waals surface area contributed by atoms with Gasteiger partial charge < -0.3 is 10.0 Å². The number of hydrogen-bond donors (Lipinski definition) is 1. The quantitative estimate of drug-likeness (QED) is 0.200. The molecule has 0 bridgehead atoms. The summed E-state index contributed by atoms with van der Waals surface area (Å²) in [7, 11) is 0. The molecular weight excluding hydrogens is 342 g/mol. The molecule has 168 valence electrons. The zero-order chi connectivity index (χ0) is 20.1. The van der Waals surface area contributed by atoms with Crippen molar-refractivity contribution in [3.63, 3.8) is 0 Å². The largest absolute Gasteiger partial charge is 0.392 e. The molecule has 0 aromatic carbocycles. The Hall–Kier alpha value is -0.0800. The lowest BCUT2D eigenvalue weighted by Crippen LogP contribution is -2.23. The Morgan fingerprint density at radius 1 is 0.571 bits per heavy atom. The molecule has 0 amide bonds. The van der Waals surface area contributed by atoms with E-state index in [0.29, 0.717) is 0 Å². The molecule has 1 aliphatic rings. The van der Waals surface area contributed by atoms with Crippen LogP contribution in [0.25, 0.3) is 0 Å². The minimum absolute atomic E-state index is 0.0508. The normalized spacial score (nSPS) is 17.6. The van der Waals surface area contributed by atoms with Gasteiger partial charge in [0.15, 0.2) is 0 Å². The van der Waals surface area contributed by atoms with Crippen molar-refractivity contribution in [2.24, 2.45) is 0 Å². The maximum Gasteiger partial charge on any atom is 0.0679 e. The van der Waals surface area contributed by atoms with E-state index in [-0.39, 0.29) is 6.10 Å². The Morgan fingerprint density at radius 3 is 1.25 bits per heavy atom. The van der Waals surface area contributed by atoms with E-state index in [2.05, 4.69) is 11.8 Å². The summed E-state index contributed by atoms with van der Waals surface area (Å²) in [5, 5.41) is 9.52. The van der Waals surface area contributed by atoms with Gasteiger partial charge in [-0.05, 0) is 19.4 Å². The molecule has 0 radical (unpaired) electrons. The number of aliphatic hydroxyl groups is 1. The first-order valence-electron chi connectivity index (χ1n) is 13.2. The summed E-state index contributed by atoms with van der Waals surface area (Å²) < 4.78 is 0. The number of aliphatic hydroxyl groups excluding tert-OH is 1. The van der Waals surface area contributed by atoms with Gasteiger partial charge in [-0.1, -0.05) is 129 Å². The van der Waals surface area contributed by atoms with Gasteiger partial charge in [-0.25, -0.2) is 0 Å². The van der Waals surface area contributed by atoms with E-state index >= 15 is 0 Å². The van der Waals surface area contributed by atoms with Crippen LogP contribution in [0.2, 0.25) is 0 Å². The summed E-state index contributed by atoms with van der Waals surface area (Å²) in [6.07, 6.45) is 29.9. The lowest BCUT2D eigenvalue weighted by Gasteiger charge is -2.14. The molecule has 1 N–H and O–H groups in total. The Labute approximate surface area is 177 Å². The fourth-order valence-electron chi connectivity index (χ4n) is 4.61. The summed E-state index contributed by atoms with van der Waals surface area (Å²) in [6, 6.07) is 0. The Balaban J connectivity index is 1.64. The number of rotatable bonds is 21. The van der Waals surface area contributed by atoms with Gasteiger partial charge in [0.05, 0.1) is 6.10 Å². The highest BCUT2D eigenvalue weighted by Crippen LogP contribution is 2.15. The summed E-state index contributed by atoms with van der Waals surface area (Å²) in [4.78, 5) is 2.43. The van der Waals surface area contributed by atoms with E-state index in [0.717, 1.165) is 19.5 Å². The number of β-amino-alcohol motifs (C(OH)–C–C–N with tert-alkyl or cyclic N) is 1. The predicted molar refractivity (Wildman–Crippen MR) is 125 cm³/mol. The molecule has 1 heterocycles. The number of nitrogens with zero attached hydrogens (tertiary/aromatic N) is 1. The van der Waals surface area contributed by atoms with E-state index in [1.54, 1.807) is 0 Å². The molecule has 0 aliphatic carbocycles. The van der Waals surface area contributed by atoms with Crippen LogP contribution in [0.1, 0.15) is 142 Å². The molecule has 1 aliphatic heterocycles. The van der Waals surface area contributed by atoms with Gasteiger partial charge in [-0.3, -0.25) is 0 Å². The fraction of sp³-hybridized carbons (Fsp3) is 1.00. The Kier molecular flexibility index (Phi) is 18.7. The maximum absolute atomic E-state index is 9.52. The van der Waals surface area contributed by atoms with Gasteiger partial charge in [0.2, 0.25) is 0 Å². The van der Waals surface area contributed by atoms with Crippen LogP contribution in [0.3, 0.4) is 0 Å². The first kappa shape index (κ1) is 26.0. The SMILES string of the molecule is CCCCCCCCCCCCCCCCCCCCCCN1CCC(O)C1. The third kappa shape index (κ3) is 16.8. The highest BCUT2D eigenvalue weighted by molar-refractivity contribution is 4.73. The highest BCUT2D eigenvalue weighted by Gasteiger charge is 2.18. The van der Waals surface area contributed by atoms with Gasteiger partial charge in [0.25, 0.3) is 0 Å². The molecule has 1 fully saturated rings. The molecule has 0 aromatic rings. The number of hydrogen-bond acceptors (Lipinski definition) is 2. The summed E-state index contributed by atoms with van der Waals surface area (Å²) in [5.41, 5.74) is 0. The Morgan fingerprint density at radius 2 is 0.929 bits per heavy atom. The molecule has 0 saturated carbocycles. The summed E-state index contributed by atoms with van der Waals surface area (Å²) >= 11 is 0. The van der Waals surface area contributed by atoms with Crippen LogP contribution in [0, 0.1) is 0 Å². The van der Waals surface area contributed by atoms with Crippen molar-refractivity contribution in [2.75, 3.05) is 19.6 Å². The van der Waals surface area contributed by atoms with Gasteiger partial charge in [0, 0.05) is 13.1 Å². The monoisotopic (exact) mass is 395 g/mol. The molecule has 1 unspecified atom stereocenters. The minimum Gasteiger partial charge on any atom is -0.392 e. The van der Waals surface area contributed by atoms with E-state index in [1.165, 1.54) is 135 Å². The van der Waals surface area contributed by atoms with Crippen LogP contribution in [0.5, 0.6) is 0 Å². The second-order valence-corrected chi connectivity index (χ2v) is 9.46. The van der Waals surface area contributed by atoms with Crippen LogP contribution in [0.4, 0.5) is 0 Å². The first-order chi connectivity index (χ1) is 13.8. The smallest absolute Gasteiger partial charge is 0.0679 e. The molecule has 1 atom stereocenters.